The quantitative estimate of drug-likeness (QED) is 0.887. The molecule has 1 aliphatic rings. The van der Waals surface area contributed by atoms with Gasteiger partial charge in [0.2, 0.25) is 0 Å². The Labute approximate surface area is 122 Å². The van der Waals surface area contributed by atoms with Crippen LogP contribution in [0.5, 0.6) is 0 Å². The third-order valence-corrected chi connectivity index (χ3v) is 4.30. The summed E-state index contributed by atoms with van der Waals surface area (Å²) in [5.41, 5.74) is 2.84. The van der Waals surface area contributed by atoms with Crippen LogP contribution in [-0.2, 0) is 0 Å². The van der Waals surface area contributed by atoms with Crippen molar-refractivity contribution in [3.63, 3.8) is 0 Å². The maximum atomic E-state index is 6.48. The number of anilines is 1. The molecule has 0 amide bonds. The zero-order valence-electron chi connectivity index (χ0n) is 12.5. The largest absolute Gasteiger partial charge is 0.370 e. The predicted molar refractivity (Wildman–Crippen MR) is 84.2 cm³/mol. The highest BCUT2D eigenvalue weighted by Gasteiger charge is 2.30. The van der Waals surface area contributed by atoms with Gasteiger partial charge < -0.3 is 10.2 Å². The van der Waals surface area contributed by atoms with E-state index in [4.69, 9.17) is 11.6 Å². The van der Waals surface area contributed by atoms with E-state index in [1.165, 1.54) is 17.7 Å². The van der Waals surface area contributed by atoms with E-state index < -0.39 is 0 Å². The molecule has 1 atom stereocenters. The molecule has 3 heteroatoms. The second kappa shape index (κ2) is 5.72. The van der Waals surface area contributed by atoms with Crippen LogP contribution in [0, 0.1) is 5.41 Å². The molecule has 1 aromatic carbocycles. The number of halogens is 1. The average Bonchev–Trinajstić information content (AvgIpc) is 2.69. The third kappa shape index (κ3) is 3.43. The van der Waals surface area contributed by atoms with Crippen LogP contribution in [0.1, 0.15) is 45.7 Å². The number of rotatable bonds is 4. The average molecular weight is 281 g/mol. The molecular formula is C16H25ClN2. The summed E-state index contributed by atoms with van der Waals surface area (Å²) in [6, 6.07) is 6.83. The molecule has 0 bridgehead atoms. The van der Waals surface area contributed by atoms with Crippen molar-refractivity contribution in [2.24, 2.45) is 5.41 Å². The van der Waals surface area contributed by atoms with Gasteiger partial charge in [0.25, 0.3) is 0 Å². The first-order valence-electron chi connectivity index (χ1n) is 7.21. The molecule has 0 spiro atoms. The van der Waals surface area contributed by atoms with Crippen molar-refractivity contribution in [1.29, 1.82) is 0 Å². The Hall–Kier alpha value is -0.730. The van der Waals surface area contributed by atoms with Gasteiger partial charge in [0.1, 0.15) is 0 Å². The zero-order chi connectivity index (χ0) is 14.0. The lowest BCUT2D eigenvalue weighted by atomic mass is 9.93. The molecule has 0 radical (unpaired) electrons. The SMILES string of the molecule is CCNC(C)c1ccc(N2CCC(C)(C)C2)c(Cl)c1. The van der Waals surface area contributed by atoms with Crippen molar-refractivity contribution >= 4 is 17.3 Å². The Morgan fingerprint density at radius 2 is 2.16 bits per heavy atom. The van der Waals surface area contributed by atoms with Crippen molar-refractivity contribution in [2.75, 3.05) is 24.5 Å². The Morgan fingerprint density at radius 1 is 1.42 bits per heavy atom. The van der Waals surface area contributed by atoms with E-state index in [1.54, 1.807) is 0 Å². The van der Waals surface area contributed by atoms with Gasteiger partial charge in [-0.05, 0) is 43.0 Å². The summed E-state index contributed by atoms with van der Waals surface area (Å²) in [6.45, 7) is 12.1. The fourth-order valence-corrected chi connectivity index (χ4v) is 3.10. The summed E-state index contributed by atoms with van der Waals surface area (Å²) in [6.07, 6.45) is 1.23. The standard InChI is InChI=1S/C16H25ClN2/c1-5-18-12(2)13-6-7-15(14(17)10-13)19-9-8-16(3,4)11-19/h6-7,10,12,18H,5,8-9,11H2,1-4H3. The van der Waals surface area contributed by atoms with Crippen molar-refractivity contribution < 1.29 is 0 Å². The molecule has 0 aliphatic carbocycles. The molecule has 1 aliphatic heterocycles. The van der Waals surface area contributed by atoms with E-state index in [0.717, 1.165) is 24.7 Å². The van der Waals surface area contributed by atoms with Gasteiger partial charge in [0.05, 0.1) is 10.7 Å². The monoisotopic (exact) mass is 280 g/mol. The molecule has 1 N–H and O–H groups in total. The van der Waals surface area contributed by atoms with Crippen molar-refractivity contribution in [3.05, 3.63) is 28.8 Å². The molecule has 0 saturated carbocycles. The Bertz CT molecular complexity index is 442. The highest BCUT2D eigenvalue weighted by Crippen LogP contribution is 2.36. The molecule has 19 heavy (non-hydrogen) atoms. The van der Waals surface area contributed by atoms with Gasteiger partial charge in [-0.1, -0.05) is 38.4 Å². The van der Waals surface area contributed by atoms with Crippen LogP contribution >= 0.6 is 11.6 Å². The Balaban J connectivity index is 2.16. The van der Waals surface area contributed by atoms with E-state index >= 15 is 0 Å². The fraction of sp³-hybridized carbons (Fsp3) is 0.625. The van der Waals surface area contributed by atoms with Crippen LogP contribution in [0.2, 0.25) is 5.02 Å². The summed E-state index contributed by atoms with van der Waals surface area (Å²) in [4.78, 5) is 2.41. The maximum Gasteiger partial charge on any atom is 0.0642 e. The number of hydrogen-bond donors (Lipinski definition) is 1. The van der Waals surface area contributed by atoms with Crippen LogP contribution < -0.4 is 10.2 Å². The van der Waals surface area contributed by atoms with Crippen molar-refractivity contribution in [1.82, 2.24) is 5.32 Å². The predicted octanol–water partition coefficient (Wildman–Crippen LogP) is 4.25. The second-order valence-corrected chi connectivity index (χ2v) is 6.73. The van der Waals surface area contributed by atoms with Gasteiger partial charge in [-0.15, -0.1) is 0 Å². The number of benzene rings is 1. The van der Waals surface area contributed by atoms with E-state index in [0.29, 0.717) is 11.5 Å². The first kappa shape index (κ1) is 14.7. The summed E-state index contributed by atoms with van der Waals surface area (Å²) in [7, 11) is 0. The smallest absolute Gasteiger partial charge is 0.0642 e. The van der Waals surface area contributed by atoms with Gasteiger partial charge in [0.15, 0.2) is 0 Å². The maximum absolute atomic E-state index is 6.48. The van der Waals surface area contributed by atoms with Gasteiger partial charge in [-0.25, -0.2) is 0 Å². The van der Waals surface area contributed by atoms with Crippen LogP contribution in [0.3, 0.4) is 0 Å². The van der Waals surface area contributed by atoms with Crippen molar-refractivity contribution in [2.45, 2.75) is 40.2 Å². The number of nitrogens with one attached hydrogen (secondary N) is 1. The zero-order valence-corrected chi connectivity index (χ0v) is 13.2. The van der Waals surface area contributed by atoms with E-state index in [9.17, 15) is 0 Å². The minimum atomic E-state index is 0.353. The molecule has 1 fully saturated rings. The molecule has 1 aromatic rings. The molecule has 2 nitrogen and oxygen atoms in total. The first-order valence-corrected chi connectivity index (χ1v) is 7.58. The van der Waals surface area contributed by atoms with Crippen LogP contribution in [0.15, 0.2) is 18.2 Å². The number of nitrogens with zero attached hydrogens (tertiary/aromatic N) is 1. The summed E-state index contributed by atoms with van der Waals surface area (Å²) in [5, 5.41) is 4.29. The Kier molecular flexibility index (Phi) is 4.42. The Morgan fingerprint density at radius 3 is 2.68 bits per heavy atom. The first-order chi connectivity index (χ1) is 8.93. The molecule has 106 valence electrons. The third-order valence-electron chi connectivity index (χ3n) is 4.00. The minimum absolute atomic E-state index is 0.353. The van der Waals surface area contributed by atoms with Gasteiger partial charge in [-0.3, -0.25) is 0 Å². The lowest BCUT2D eigenvalue weighted by Crippen LogP contribution is -2.23. The second-order valence-electron chi connectivity index (χ2n) is 6.33. The van der Waals surface area contributed by atoms with Gasteiger partial charge in [0, 0.05) is 19.1 Å². The lowest BCUT2D eigenvalue weighted by Gasteiger charge is -2.23. The van der Waals surface area contributed by atoms with E-state index in [-0.39, 0.29) is 0 Å². The van der Waals surface area contributed by atoms with Crippen molar-refractivity contribution in [3.8, 4) is 0 Å². The topological polar surface area (TPSA) is 15.3 Å². The fourth-order valence-electron chi connectivity index (χ4n) is 2.79. The van der Waals surface area contributed by atoms with Crippen LogP contribution in [-0.4, -0.2) is 19.6 Å². The summed E-state index contributed by atoms with van der Waals surface area (Å²) >= 11 is 6.48. The highest BCUT2D eigenvalue weighted by atomic mass is 35.5. The molecule has 1 heterocycles. The highest BCUT2D eigenvalue weighted by molar-refractivity contribution is 6.33. The summed E-state index contributed by atoms with van der Waals surface area (Å²) in [5.74, 6) is 0. The van der Waals surface area contributed by atoms with Gasteiger partial charge >= 0.3 is 0 Å². The molecule has 1 saturated heterocycles. The lowest BCUT2D eigenvalue weighted by molar-refractivity contribution is 0.418. The van der Waals surface area contributed by atoms with Crippen LogP contribution in [0.25, 0.3) is 0 Å². The van der Waals surface area contributed by atoms with E-state index in [1.807, 2.05) is 0 Å². The number of hydrogen-bond acceptors (Lipinski definition) is 2. The minimum Gasteiger partial charge on any atom is -0.370 e. The van der Waals surface area contributed by atoms with Gasteiger partial charge in [-0.2, -0.15) is 0 Å². The van der Waals surface area contributed by atoms with E-state index in [2.05, 4.69) is 56.1 Å². The molecular weight excluding hydrogens is 256 g/mol. The molecule has 1 unspecified atom stereocenters. The molecule has 2 rings (SSSR count). The summed E-state index contributed by atoms with van der Waals surface area (Å²) < 4.78 is 0. The molecule has 0 aromatic heterocycles. The normalized spacial score (nSPS) is 19.7. The van der Waals surface area contributed by atoms with Crippen LogP contribution in [0.4, 0.5) is 5.69 Å².